The number of ether oxygens (including phenoxy) is 2. The Morgan fingerprint density at radius 2 is 2.37 bits per heavy atom. The minimum absolute atomic E-state index is 0.00639. The summed E-state index contributed by atoms with van der Waals surface area (Å²) >= 11 is 0. The number of hydrogen-bond acceptors (Lipinski definition) is 3. The van der Waals surface area contributed by atoms with Gasteiger partial charge in [0.25, 0.3) is 0 Å². The number of nitrogens with one attached hydrogen (secondary N) is 1. The number of rotatable bonds is 6. The smallest absolute Gasteiger partial charge is 0.123 e. The van der Waals surface area contributed by atoms with Crippen LogP contribution in [0.25, 0.3) is 0 Å². The second kappa shape index (κ2) is 6.87. The molecule has 1 aromatic rings. The van der Waals surface area contributed by atoms with Crippen LogP contribution in [0.4, 0.5) is 4.39 Å². The molecule has 0 aliphatic carbocycles. The molecule has 1 aliphatic heterocycles. The third-order valence-electron chi connectivity index (χ3n) is 3.48. The lowest BCUT2D eigenvalue weighted by atomic mass is 9.98. The fourth-order valence-electron chi connectivity index (χ4n) is 2.56. The second-order valence-corrected chi connectivity index (χ2v) is 4.87. The van der Waals surface area contributed by atoms with E-state index in [1.165, 1.54) is 6.07 Å². The van der Waals surface area contributed by atoms with E-state index in [-0.39, 0.29) is 18.0 Å². The first-order chi connectivity index (χ1) is 9.26. The first-order valence-electron chi connectivity index (χ1n) is 6.94. The molecule has 0 aromatic heterocycles. The average molecular weight is 267 g/mol. The van der Waals surface area contributed by atoms with Crippen LogP contribution in [0.2, 0.25) is 0 Å². The van der Waals surface area contributed by atoms with Gasteiger partial charge in [0, 0.05) is 12.2 Å². The summed E-state index contributed by atoms with van der Waals surface area (Å²) in [6.07, 6.45) is 3.19. The van der Waals surface area contributed by atoms with Crippen molar-refractivity contribution in [2.24, 2.45) is 0 Å². The van der Waals surface area contributed by atoms with Crippen LogP contribution >= 0.6 is 0 Å². The molecule has 2 rings (SSSR count). The zero-order valence-electron chi connectivity index (χ0n) is 11.6. The van der Waals surface area contributed by atoms with Gasteiger partial charge in [-0.2, -0.15) is 0 Å². The zero-order valence-corrected chi connectivity index (χ0v) is 11.6. The Hall–Kier alpha value is -1.13. The summed E-state index contributed by atoms with van der Waals surface area (Å²) in [7, 11) is 1.61. The normalized spacial score (nSPS) is 20.5. The largest absolute Gasteiger partial charge is 0.496 e. The molecule has 1 fully saturated rings. The van der Waals surface area contributed by atoms with Gasteiger partial charge in [0.05, 0.1) is 19.3 Å². The van der Waals surface area contributed by atoms with Crippen LogP contribution < -0.4 is 10.1 Å². The van der Waals surface area contributed by atoms with Crippen molar-refractivity contribution >= 4 is 0 Å². The standard InChI is InChI=1S/C15H22FNO2/c1-3-8-17-15(14-5-4-9-19-14)12-10-11(16)6-7-13(12)18-2/h6-7,10,14-15,17H,3-5,8-9H2,1-2H3. The molecular formula is C15H22FNO2. The molecule has 4 heteroatoms. The summed E-state index contributed by atoms with van der Waals surface area (Å²) < 4.78 is 24.7. The average Bonchev–Trinajstić information content (AvgIpc) is 2.93. The fourth-order valence-corrected chi connectivity index (χ4v) is 2.56. The van der Waals surface area contributed by atoms with Crippen molar-refractivity contribution in [2.75, 3.05) is 20.3 Å². The molecule has 0 radical (unpaired) electrons. The van der Waals surface area contributed by atoms with Gasteiger partial charge in [-0.3, -0.25) is 0 Å². The van der Waals surface area contributed by atoms with Gasteiger partial charge in [0.1, 0.15) is 11.6 Å². The van der Waals surface area contributed by atoms with E-state index in [4.69, 9.17) is 9.47 Å². The van der Waals surface area contributed by atoms with Crippen molar-refractivity contribution in [3.05, 3.63) is 29.6 Å². The second-order valence-electron chi connectivity index (χ2n) is 4.87. The summed E-state index contributed by atoms with van der Waals surface area (Å²) in [4.78, 5) is 0. The Bertz CT molecular complexity index is 405. The number of methoxy groups -OCH3 is 1. The first-order valence-corrected chi connectivity index (χ1v) is 6.94. The molecule has 2 unspecified atom stereocenters. The Labute approximate surface area is 114 Å². The molecule has 1 saturated heterocycles. The number of benzene rings is 1. The topological polar surface area (TPSA) is 30.5 Å². The molecule has 106 valence electrons. The maximum absolute atomic E-state index is 13.5. The fraction of sp³-hybridized carbons (Fsp3) is 0.600. The Balaban J connectivity index is 2.27. The lowest BCUT2D eigenvalue weighted by Crippen LogP contribution is -2.32. The number of halogens is 1. The summed E-state index contributed by atoms with van der Waals surface area (Å²) in [5.41, 5.74) is 0.850. The van der Waals surface area contributed by atoms with Crippen molar-refractivity contribution in [1.82, 2.24) is 5.32 Å². The molecule has 0 spiro atoms. The molecular weight excluding hydrogens is 245 g/mol. The van der Waals surface area contributed by atoms with Crippen LogP contribution in [0.3, 0.4) is 0 Å². The molecule has 1 N–H and O–H groups in total. The van der Waals surface area contributed by atoms with Crippen molar-refractivity contribution in [1.29, 1.82) is 0 Å². The minimum atomic E-state index is -0.239. The van der Waals surface area contributed by atoms with Gasteiger partial charge in [-0.25, -0.2) is 4.39 Å². The van der Waals surface area contributed by atoms with Crippen molar-refractivity contribution in [2.45, 2.75) is 38.3 Å². The Morgan fingerprint density at radius 1 is 1.53 bits per heavy atom. The van der Waals surface area contributed by atoms with E-state index >= 15 is 0 Å². The molecule has 19 heavy (non-hydrogen) atoms. The van der Waals surface area contributed by atoms with Crippen LogP contribution in [-0.4, -0.2) is 26.4 Å². The maximum Gasteiger partial charge on any atom is 0.123 e. The molecule has 0 saturated carbocycles. The summed E-state index contributed by atoms with van der Waals surface area (Å²) in [6.45, 7) is 3.78. The van der Waals surface area contributed by atoms with Crippen molar-refractivity contribution < 1.29 is 13.9 Å². The lowest BCUT2D eigenvalue weighted by Gasteiger charge is -2.26. The van der Waals surface area contributed by atoms with E-state index in [0.717, 1.165) is 38.0 Å². The van der Waals surface area contributed by atoms with E-state index in [1.807, 2.05) is 0 Å². The zero-order chi connectivity index (χ0) is 13.7. The maximum atomic E-state index is 13.5. The lowest BCUT2D eigenvalue weighted by molar-refractivity contribution is 0.0773. The predicted octanol–water partition coefficient (Wildman–Crippen LogP) is 3.05. The van der Waals surface area contributed by atoms with Crippen LogP contribution in [-0.2, 0) is 4.74 Å². The van der Waals surface area contributed by atoms with Crippen molar-refractivity contribution in [3.63, 3.8) is 0 Å². The quantitative estimate of drug-likeness (QED) is 0.859. The third kappa shape index (κ3) is 3.45. The number of hydrogen-bond donors (Lipinski definition) is 1. The van der Waals surface area contributed by atoms with E-state index in [2.05, 4.69) is 12.2 Å². The first kappa shape index (κ1) is 14.3. The van der Waals surface area contributed by atoms with Crippen molar-refractivity contribution in [3.8, 4) is 5.75 Å². The third-order valence-corrected chi connectivity index (χ3v) is 3.48. The molecule has 1 heterocycles. The predicted molar refractivity (Wildman–Crippen MR) is 73.0 cm³/mol. The van der Waals surface area contributed by atoms with Gasteiger partial charge in [0.2, 0.25) is 0 Å². The van der Waals surface area contributed by atoms with Gasteiger partial charge >= 0.3 is 0 Å². The summed E-state index contributed by atoms with van der Waals surface area (Å²) in [6, 6.07) is 4.65. The van der Waals surface area contributed by atoms with Gasteiger partial charge in [0.15, 0.2) is 0 Å². The highest BCUT2D eigenvalue weighted by atomic mass is 19.1. The molecule has 1 aromatic carbocycles. The van der Waals surface area contributed by atoms with Crippen LogP contribution in [0.15, 0.2) is 18.2 Å². The van der Waals surface area contributed by atoms with E-state index < -0.39 is 0 Å². The van der Waals surface area contributed by atoms with Gasteiger partial charge in [-0.1, -0.05) is 6.92 Å². The molecule has 1 aliphatic rings. The van der Waals surface area contributed by atoms with Gasteiger partial charge < -0.3 is 14.8 Å². The monoisotopic (exact) mass is 267 g/mol. The molecule has 0 amide bonds. The minimum Gasteiger partial charge on any atom is -0.496 e. The van der Waals surface area contributed by atoms with Crippen LogP contribution in [0.5, 0.6) is 5.75 Å². The SMILES string of the molecule is CCCNC(c1cc(F)ccc1OC)C1CCCO1. The van der Waals surface area contributed by atoms with Crippen LogP contribution in [0, 0.1) is 5.82 Å². The summed E-state index contributed by atoms with van der Waals surface area (Å²) in [5.74, 6) is 0.475. The van der Waals surface area contributed by atoms with E-state index in [1.54, 1.807) is 19.2 Å². The van der Waals surface area contributed by atoms with Gasteiger partial charge in [-0.05, 0) is 44.0 Å². The highest BCUT2D eigenvalue weighted by Crippen LogP contribution is 2.33. The van der Waals surface area contributed by atoms with Crippen LogP contribution in [0.1, 0.15) is 37.8 Å². The Kier molecular flexibility index (Phi) is 5.16. The van der Waals surface area contributed by atoms with E-state index in [9.17, 15) is 4.39 Å². The van der Waals surface area contributed by atoms with E-state index in [0.29, 0.717) is 5.75 Å². The molecule has 0 bridgehead atoms. The summed E-state index contributed by atoms with van der Waals surface area (Å²) in [5, 5.41) is 3.46. The highest BCUT2D eigenvalue weighted by Gasteiger charge is 2.29. The highest BCUT2D eigenvalue weighted by molar-refractivity contribution is 5.37. The molecule has 2 atom stereocenters. The Morgan fingerprint density at radius 3 is 3.00 bits per heavy atom. The molecule has 3 nitrogen and oxygen atoms in total. The van der Waals surface area contributed by atoms with Gasteiger partial charge in [-0.15, -0.1) is 0 Å².